The first-order valence-corrected chi connectivity index (χ1v) is 6.04. The van der Waals surface area contributed by atoms with E-state index >= 15 is 0 Å². The number of furan rings is 1. The lowest BCUT2D eigenvalue weighted by atomic mass is 10.1. The second-order valence-electron chi connectivity index (χ2n) is 4.11. The zero-order valence-electron chi connectivity index (χ0n) is 10.6. The zero-order valence-corrected chi connectivity index (χ0v) is 10.6. The molecule has 0 radical (unpaired) electrons. The summed E-state index contributed by atoms with van der Waals surface area (Å²) in [6, 6.07) is 10.6. The number of ketones is 1. The lowest BCUT2D eigenvalue weighted by Gasteiger charge is -2.04. The van der Waals surface area contributed by atoms with Gasteiger partial charge in [-0.05, 0) is 49.7 Å². The molecule has 0 spiro atoms. The summed E-state index contributed by atoms with van der Waals surface area (Å²) in [6.07, 6.45) is 0.965. The fraction of sp³-hybridized carbons (Fsp3) is 0.267. The van der Waals surface area contributed by atoms with Crippen LogP contribution < -0.4 is 4.74 Å². The number of hydrogen-bond acceptors (Lipinski definition) is 3. The first-order chi connectivity index (χ1) is 8.70. The second-order valence-corrected chi connectivity index (χ2v) is 4.11. The smallest absolute Gasteiger partial charge is 0.228 e. The van der Waals surface area contributed by atoms with Crippen LogP contribution in [0.1, 0.15) is 35.2 Å². The van der Waals surface area contributed by atoms with Gasteiger partial charge >= 0.3 is 0 Å². The average molecular weight is 244 g/mol. The molecular formula is C15H16O3. The quantitative estimate of drug-likeness (QED) is 0.754. The van der Waals surface area contributed by atoms with E-state index in [1.807, 2.05) is 6.92 Å². The molecule has 0 saturated carbocycles. The molecule has 1 aromatic carbocycles. The minimum Gasteiger partial charge on any atom is -0.494 e. The van der Waals surface area contributed by atoms with Crippen LogP contribution in [0.5, 0.6) is 5.75 Å². The van der Waals surface area contributed by atoms with Crippen molar-refractivity contribution in [2.24, 2.45) is 0 Å². The summed E-state index contributed by atoms with van der Waals surface area (Å²) in [6.45, 7) is 4.56. The molecule has 2 aromatic rings. The summed E-state index contributed by atoms with van der Waals surface area (Å²) in [5.41, 5.74) is 0.605. The highest BCUT2D eigenvalue weighted by atomic mass is 16.5. The van der Waals surface area contributed by atoms with Gasteiger partial charge in [0.1, 0.15) is 11.5 Å². The van der Waals surface area contributed by atoms with Gasteiger partial charge in [0.2, 0.25) is 5.78 Å². The third-order valence-electron chi connectivity index (χ3n) is 2.55. The minimum absolute atomic E-state index is 0.106. The van der Waals surface area contributed by atoms with Gasteiger partial charge in [0, 0.05) is 5.56 Å². The van der Waals surface area contributed by atoms with Crippen LogP contribution in [0.4, 0.5) is 0 Å². The Kier molecular flexibility index (Phi) is 3.82. The fourth-order valence-electron chi connectivity index (χ4n) is 1.62. The summed E-state index contributed by atoms with van der Waals surface area (Å²) < 4.78 is 10.8. The van der Waals surface area contributed by atoms with E-state index in [-0.39, 0.29) is 5.78 Å². The van der Waals surface area contributed by atoms with Crippen LogP contribution in [0.2, 0.25) is 0 Å². The van der Waals surface area contributed by atoms with Gasteiger partial charge in [0.05, 0.1) is 6.61 Å². The number of carbonyl (C=O) groups excluding carboxylic acids is 1. The zero-order chi connectivity index (χ0) is 13.0. The molecule has 18 heavy (non-hydrogen) atoms. The van der Waals surface area contributed by atoms with Crippen molar-refractivity contribution in [2.75, 3.05) is 6.61 Å². The standard InChI is InChI=1S/C15H16O3/c1-3-10-17-13-7-5-12(6-8-13)15(16)14-9-4-11(2)18-14/h4-9H,3,10H2,1-2H3. The van der Waals surface area contributed by atoms with E-state index in [2.05, 4.69) is 6.92 Å². The maximum absolute atomic E-state index is 12.1. The van der Waals surface area contributed by atoms with E-state index in [1.165, 1.54) is 0 Å². The van der Waals surface area contributed by atoms with Gasteiger partial charge in [0.15, 0.2) is 5.76 Å². The summed E-state index contributed by atoms with van der Waals surface area (Å²) in [5, 5.41) is 0. The second kappa shape index (κ2) is 5.54. The Balaban J connectivity index is 2.12. The Hall–Kier alpha value is -2.03. The first kappa shape index (κ1) is 12.4. The predicted molar refractivity (Wildman–Crippen MR) is 69.1 cm³/mol. The monoisotopic (exact) mass is 244 g/mol. The number of aryl methyl sites for hydroxylation is 1. The molecule has 0 saturated heterocycles. The number of benzene rings is 1. The molecule has 0 atom stereocenters. The van der Waals surface area contributed by atoms with E-state index in [1.54, 1.807) is 36.4 Å². The maximum atomic E-state index is 12.1. The van der Waals surface area contributed by atoms with Crippen molar-refractivity contribution in [3.8, 4) is 5.75 Å². The fourth-order valence-corrected chi connectivity index (χ4v) is 1.62. The van der Waals surface area contributed by atoms with Crippen molar-refractivity contribution in [1.82, 2.24) is 0 Å². The molecule has 0 aliphatic heterocycles. The van der Waals surface area contributed by atoms with Crippen LogP contribution in [0, 0.1) is 6.92 Å². The molecular weight excluding hydrogens is 228 g/mol. The van der Waals surface area contributed by atoms with Crippen LogP contribution in [0.15, 0.2) is 40.8 Å². The highest BCUT2D eigenvalue weighted by Crippen LogP contribution is 2.17. The molecule has 0 N–H and O–H groups in total. The average Bonchev–Trinajstić information content (AvgIpc) is 2.83. The summed E-state index contributed by atoms with van der Waals surface area (Å²) >= 11 is 0. The summed E-state index contributed by atoms with van der Waals surface area (Å²) in [7, 11) is 0. The van der Waals surface area contributed by atoms with Crippen LogP contribution in [-0.4, -0.2) is 12.4 Å². The number of carbonyl (C=O) groups is 1. The molecule has 2 rings (SSSR count). The summed E-state index contributed by atoms with van der Waals surface area (Å²) in [5.74, 6) is 1.78. The Labute approximate surface area is 106 Å². The van der Waals surface area contributed by atoms with Crippen molar-refractivity contribution < 1.29 is 13.9 Å². The molecule has 0 aliphatic rings. The lowest BCUT2D eigenvalue weighted by Crippen LogP contribution is -2.00. The van der Waals surface area contributed by atoms with Crippen molar-refractivity contribution >= 4 is 5.78 Å². The maximum Gasteiger partial charge on any atom is 0.228 e. The summed E-state index contributed by atoms with van der Waals surface area (Å²) in [4.78, 5) is 12.1. The van der Waals surface area contributed by atoms with Gasteiger partial charge in [0.25, 0.3) is 0 Å². The predicted octanol–water partition coefficient (Wildman–Crippen LogP) is 3.61. The van der Waals surface area contributed by atoms with E-state index in [4.69, 9.17) is 9.15 Å². The number of rotatable bonds is 5. The van der Waals surface area contributed by atoms with E-state index in [0.29, 0.717) is 17.9 Å². The van der Waals surface area contributed by atoms with Crippen molar-refractivity contribution in [3.05, 3.63) is 53.5 Å². The number of hydrogen-bond donors (Lipinski definition) is 0. The number of ether oxygens (including phenoxy) is 1. The third-order valence-corrected chi connectivity index (χ3v) is 2.55. The van der Waals surface area contributed by atoms with Crippen molar-refractivity contribution in [2.45, 2.75) is 20.3 Å². The van der Waals surface area contributed by atoms with E-state index < -0.39 is 0 Å². The molecule has 0 fully saturated rings. The molecule has 0 bridgehead atoms. The Morgan fingerprint density at radius 2 is 1.89 bits per heavy atom. The largest absolute Gasteiger partial charge is 0.494 e. The Bertz CT molecular complexity index is 523. The van der Waals surface area contributed by atoms with Crippen molar-refractivity contribution in [3.63, 3.8) is 0 Å². The molecule has 94 valence electrons. The molecule has 0 aliphatic carbocycles. The molecule has 1 heterocycles. The highest BCUT2D eigenvalue weighted by Gasteiger charge is 2.12. The van der Waals surface area contributed by atoms with E-state index in [9.17, 15) is 4.79 Å². The van der Waals surface area contributed by atoms with Crippen LogP contribution in [-0.2, 0) is 0 Å². The molecule has 0 unspecified atom stereocenters. The molecule has 0 amide bonds. The van der Waals surface area contributed by atoms with Gasteiger partial charge in [-0.25, -0.2) is 0 Å². The SMILES string of the molecule is CCCOc1ccc(C(=O)c2ccc(C)o2)cc1. The van der Waals surface area contributed by atoms with Gasteiger partial charge in [-0.2, -0.15) is 0 Å². The Morgan fingerprint density at radius 3 is 2.44 bits per heavy atom. The van der Waals surface area contributed by atoms with Gasteiger partial charge in [-0.3, -0.25) is 4.79 Å². The molecule has 1 aromatic heterocycles. The highest BCUT2D eigenvalue weighted by molar-refractivity contribution is 6.07. The van der Waals surface area contributed by atoms with Crippen LogP contribution in [0.25, 0.3) is 0 Å². The van der Waals surface area contributed by atoms with Crippen molar-refractivity contribution in [1.29, 1.82) is 0 Å². The molecule has 3 nitrogen and oxygen atoms in total. The van der Waals surface area contributed by atoms with Gasteiger partial charge in [-0.15, -0.1) is 0 Å². The van der Waals surface area contributed by atoms with Crippen LogP contribution >= 0.6 is 0 Å². The topological polar surface area (TPSA) is 39.4 Å². The van der Waals surface area contributed by atoms with Gasteiger partial charge in [-0.1, -0.05) is 6.92 Å². The van der Waals surface area contributed by atoms with E-state index in [0.717, 1.165) is 17.9 Å². The van der Waals surface area contributed by atoms with Crippen LogP contribution in [0.3, 0.4) is 0 Å². The lowest BCUT2D eigenvalue weighted by molar-refractivity contribution is 0.101. The minimum atomic E-state index is -0.106. The molecule has 3 heteroatoms. The normalized spacial score (nSPS) is 10.3. The Morgan fingerprint density at radius 1 is 1.17 bits per heavy atom. The third kappa shape index (κ3) is 2.80. The van der Waals surface area contributed by atoms with Gasteiger partial charge < -0.3 is 9.15 Å². The first-order valence-electron chi connectivity index (χ1n) is 6.04.